The third kappa shape index (κ3) is 7.73. The minimum atomic E-state index is -3.00. The molecule has 8 nitrogen and oxygen atoms in total. The Balaban J connectivity index is 1.28. The van der Waals surface area contributed by atoms with Crippen molar-refractivity contribution < 1.29 is 36.9 Å². The molecule has 3 aromatic rings. The van der Waals surface area contributed by atoms with Gasteiger partial charge in [0.15, 0.2) is 0 Å². The quantitative estimate of drug-likeness (QED) is 0.189. The van der Waals surface area contributed by atoms with Gasteiger partial charge in [-0.2, -0.15) is 0 Å². The third-order valence-corrected chi connectivity index (χ3v) is 8.22. The number of rotatable bonds is 13. The van der Waals surface area contributed by atoms with Crippen molar-refractivity contribution in [1.82, 2.24) is 0 Å². The number of aryl methyl sites for hydroxylation is 1. The molecule has 0 amide bonds. The SMILES string of the molecule is COC(=O)C[C@@H]1COc2cc(OCc3ccc(OC4CC4)c(-c4ccc(OCCCS(C)(=O)=O)cc4C)c3)ccc21. The van der Waals surface area contributed by atoms with Gasteiger partial charge < -0.3 is 23.7 Å². The molecule has 1 aliphatic heterocycles. The monoisotopic (exact) mass is 580 g/mol. The molecule has 0 bridgehead atoms. The maximum Gasteiger partial charge on any atom is 0.306 e. The smallest absolute Gasteiger partial charge is 0.306 e. The van der Waals surface area contributed by atoms with E-state index in [9.17, 15) is 13.2 Å². The molecule has 2 aliphatic rings. The summed E-state index contributed by atoms with van der Waals surface area (Å²) in [4.78, 5) is 11.7. The average Bonchev–Trinajstić information content (AvgIpc) is 3.68. The highest BCUT2D eigenvalue weighted by molar-refractivity contribution is 7.90. The number of methoxy groups -OCH3 is 1. The lowest BCUT2D eigenvalue weighted by atomic mass is 9.97. The molecule has 0 spiro atoms. The van der Waals surface area contributed by atoms with E-state index in [4.69, 9.17) is 23.7 Å². The Kier molecular flexibility index (Phi) is 8.73. The van der Waals surface area contributed by atoms with Crippen LogP contribution in [0.1, 0.15) is 48.3 Å². The van der Waals surface area contributed by atoms with Gasteiger partial charge in [0.25, 0.3) is 0 Å². The van der Waals surface area contributed by atoms with E-state index in [2.05, 4.69) is 6.07 Å². The zero-order chi connectivity index (χ0) is 29.0. The van der Waals surface area contributed by atoms with Gasteiger partial charge in [0.1, 0.15) is 39.4 Å². The summed E-state index contributed by atoms with van der Waals surface area (Å²) in [6.45, 7) is 3.18. The van der Waals surface area contributed by atoms with Gasteiger partial charge in [0, 0.05) is 29.4 Å². The number of sulfone groups is 1. The standard InChI is InChI=1S/C32H36O8S/c1-21-15-25(37-13-4-14-41(3,34)35)8-10-27(21)29-16-22(5-12-30(29)40-24-6-7-24)19-38-26-9-11-28-23(17-32(33)36-2)20-39-31(28)18-26/h5,8-12,15-16,18,23-24H,4,6-7,13-14,17,19-20H2,1-3H3/t23-/m1/s1. The second kappa shape index (κ2) is 12.4. The minimum Gasteiger partial charge on any atom is -0.494 e. The van der Waals surface area contributed by atoms with Gasteiger partial charge in [0.2, 0.25) is 0 Å². The Labute approximate surface area is 241 Å². The first kappa shape index (κ1) is 28.8. The maximum atomic E-state index is 11.7. The van der Waals surface area contributed by atoms with Crippen molar-refractivity contribution in [2.75, 3.05) is 32.3 Å². The summed E-state index contributed by atoms with van der Waals surface area (Å²) in [5.74, 6) is 2.81. The molecule has 0 N–H and O–H groups in total. The second-order valence-corrected chi connectivity index (χ2v) is 13.0. The van der Waals surface area contributed by atoms with Gasteiger partial charge in [-0.1, -0.05) is 18.2 Å². The molecular formula is C32H36O8S. The summed E-state index contributed by atoms with van der Waals surface area (Å²) in [5, 5.41) is 0. The van der Waals surface area contributed by atoms with Crippen molar-refractivity contribution >= 4 is 15.8 Å². The van der Waals surface area contributed by atoms with Crippen LogP contribution in [0.3, 0.4) is 0 Å². The van der Waals surface area contributed by atoms with Gasteiger partial charge >= 0.3 is 5.97 Å². The predicted molar refractivity (Wildman–Crippen MR) is 156 cm³/mol. The van der Waals surface area contributed by atoms with Crippen LogP contribution in [-0.2, 0) is 26.0 Å². The van der Waals surface area contributed by atoms with Crippen LogP contribution in [0.4, 0.5) is 0 Å². The lowest BCUT2D eigenvalue weighted by molar-refractivity contribution is -0.141. The Morgan fingerprint density at radius 2 is 1.76 bits per heavy atom. The van der Waals surface area contributed by atoms with Crippen LogP contribution >= 0.6 is 0 Å². The molecule has 1 saturated carbocycles. The van der Waals surface area contributed by atoms with Gasteiger partial charge in [-0.3, -0.25) is 4.79 Å². The van der Waals surface area contributed by atoms with E-state index in [1.165, 1.54) is 13.4 Å². The molecule has 1 fully saturated rings. The zero-order valence-corrected chi connectivity index (χ0v) is 24.5. The molecule has 0 radical (unpaired) electrons. The van der Waals surface area contributed by atoms with Crippen molar-refractivity contribution in [3.05, 3.63) is 71.3 Å². The fraction of sp³-hybridized carbons (Fsp3) is 0.406. The van der Waals surface area contributed by atoms with E-state index < -0.39 is 9.84 Å². The zero-order valence-electron chi connectivity index (χ0n) is 23.7. The van der Waals surface area contributed by atoms with Crippen molar-refractivity contribution in [3.63, 3.8) is 0 Å². The highest BCUT2D eigenvalue weighted by Crippen LogP contribution is 2.40. The van der Waals surface area contributed by atoms with Crippen LogP contribution in [0.5, 0.6) is 23.0 Å². The van der Waals surface area contributed by atoms with Gasteiger partial charge in [-0.15, -0.1) is 0 Å². The van der Waals surface area contributed by atoms with Crippen LogP contribution in [0.25, 0.3) is 11.1 Å². The van der Waals surface area contributed by atoms with Crippen molar-refractivity contribution in [2.24, 2.45) is 0 Å². The Morgan fingerprint density at radius 3 is 2.49 bits per heavy atom. The fourth-order valence-electron chi connectivity index (χ4n) is 4.85. The molecule has 218 valence electrons. The van der Waals surface area contributed by atoms with Crippen LogP contribution in [-0.4, -0.2) is 52.8 Å². The number of fused-ring (bicyclic) bond motifs is 1. The number of hydrogen-bond donors (Lipinski definition) is 0. The van der Waals surface area contributed by atoms with Crippen LogP contribution < -0.4 is 18.9 Å². The van der Waals surface area contributed by atoms with Crippen LogP contribution in [0.15, 0.2) is 54.6 Å². The Bertz CT molecular complexity index is 1510. The molecule has 0 unspecified atom stereocenters. The van der Waals surface area contributed by atoms with E-state index in [1.54, 1.807) is 0 Å². The van der Waals surface area contributed by atoms with Crippen LogP contribution in [0, 0.1) is 6.92 Å². The summed E-state index contributed by atoms with van der Waals surface area (Å²) < 4.78 is 51.5. The van der Waals surface area contributed by atoms with E-state index in [-0.39, 0.29) is 30.2 Å². The molecule has 5 rings (SSSR count). The van der Waals surface area contributed by atoms with Crippen molar-refractivity contribution in [2.45, 2.75) is 51.2 Å². The Morgan fingerprint density at radius 1 is 0.976 bits per heavy atom. The predicted octanol–water partition coefficient (Wildman–Crippen LogP) is 5.63. The van der Waals surface area contributed by atoms with Crippen molar-refractivity contribution in [3.8, 4) is 34.1 Å². The topological polar surface area (TPSA) is 97.4 Å². The van der Waals surface area contributed by atoms with Gasteiger partial charge in [0.05, 0.1) is 38.6 Å². The summed E-state index contributed by atoms with van der Waals surface area (Å²) in [6.07, 6.45) is 4.34. The van der Waals surface area contributed by atoms with Gasteiger partial charge in [-0.05, 0) is 73.2 Å². The highest BCUT2D eigenvalue weighted by Gasteiger charge is 2.27. The molecule has 1 aliphatic carbocycles. The molecule has 3 aromatic carbocycles. The first-order valence-corrected chi connectivity index (χ1v) is 15.9. The maximum absolute atomic E-state index is 11.7. The third-order valence-electron chi connectivity index (χ3n) is 7.19. The minimum absolute atomic E-state index is 0.0133. The molecular weight excluding hydrogens is 544 g/mol. The molecule has 41 heavy (non-hydrogen) atoms. The summed E-state index contributed by atoms with van der Waals surface area (Å²) >= 11 is 0. The van der Waals surface area contributed by atoms with E-state index in [0.29, 0.717) is 37.7 Å². The lowest BCUT2D eigenvalue weighted by Crippen LogP contribution is -2.09. The largest absolute Gasteiger partial charge is 0.494 e. The molecule has 9 heteroatoms. The van der Waals surface area contributed by atoms with E-state index in [1.807, 2.05) is 55.5 Å². The first-order valence-electron chi connectivity index (χ1n) is 13.9. The van der Waals surface area contributed by atoms with E-state index >= 15 is 0 Å². The van der Waals surface area contributed by atoms with Crippen molar-refractivity contribution in [1.29, 1.82) is 0 Å². The summed E-state index contributed by atoms with van der Waals surface area (Å²) in [7, 11) is -1.61. The van der Waals surface area contributed by atoms with Gasteiger partial charge in [-0.25, -0.2) is 8.42 Å². The van der Waals surface area contributed by atoms with E-state index in [0.717, 1.165) is 52.2 Å². The number of carbonyl (C=O) groups is 1. The number of benzene rings is 3. The normalized spacial score (nSPS) is 16.0. The molecule has 1 heterocycles. The first-order chi connectivity index (χ1) is 19.7. The molecule has 1 atom stereocenters. The number of ether oxygens (including phenoxy) is 5. The number of esters is 1. The Hall–Kier alpha value is -3.72. The highest BCUT2D eigenvalue weighted by atomic mass is 32.2. The molecule has 0 aromatic heterocycles. The summed E-state index contributed by atoms with van der Waals surface area (Å²) in [6, 6.07) is 17.8. The average molecular weight is 581 g/mol. The summed E-state index contributed by atoms with van der Waals surface area (Å²) in [5.41, 5.74) is 5.04. The molecule has 0 saturated heterocycles. The number of hydrogen-bond acceptors (Lipinski definition) is 8. The second-order valence-electron chi connectivity index (χ2n) is 10.7. The van der Waals surface area contributed by atoms with Crippen LogP contribution in [0.2, 0.25) is 0 Å². The number of carbonyl (C=O) groups excluding carboxylic acids is 1. The fourth-order valence-corrected chi connectivity index (χ4v) is 5.49. The lowest BCUT2D eigenvalue weighted by Gasteiger charge is -2.16.